The van der Waals surface area contributed by atoms with Gasteiger partial charge in [0.2, 0.25) is 5.91 Å². The number of hydrazone groups is 1. The number of hydrogen-bond acceptors (Lipinski definition) is 4. The van der Waals surface area contributed by atoms with Gasteiger partial charge in [-0.2, -0.15) is 5.10 Å². The monoisotopic (exact) mass is 596 g/mol. The average Bonchev–Trinajstić information content (AvgIpc) is 2.76. The Labute approximate surface area is 217 Å². The average molecular weight is 597 g/mol. The van der Waals surface area contributed by atoms with Gasteiger partial charge in [0, 0.05) is 15.6 Å². The van der Waals surface area contributed by atoms with Crippen LogP contribution in [0.3, 0.4) is 0 Å². The smallest absolute Gasteiger partial charge is 0.244 e. The lowest BCUT2D eigenvalue weighted by atomic mass is 10.0. The summed E-state index contributed by atoms with van der Waals surface area (Å²) < 4.78 is 12.3. The number of ether oxygens (including phenoxy) is 2. The molecule has 0 bridgehead atoms. The van der Waals surface area contributed by atoms with Crippen LogP contribution in [0.2, 0.25) is 10.0 Å². The van der Waals surface area contributed by atoms with E-state index in [1.54, 1.807) is 31.5 Å². The van der Waals surface area contributed by atoms with Gasteiger partial charge in [0.05, 0.1) is 23.3 Å². The minimum absolute atomic E-state index is 0.184. The summed E-state index contributed by atoms with van der Waals surface area (Å²) in [5.74, 6) is 0.964. The van der Waals surface area contributed by atoms with Gasteiger partial charge in [-0.15, -0.1) is 0 Å². The number of halogens is 3. The van der Waals surface area contributed by atoms with E-state index in [9.17, 15) is 4.79 Å². The molecular formula is C25H23Cl2IN2O3. The van der Waals surface area contributed by atoms with Crippen LogP contribution in [0.15, 0.2) is 53.6 Å². The van der Waals surface area contributed by atoms with Crippen LogP contribution in [0.1, 0.15) is 27.8 Å². The molecule has 0 aliphatic carbocycles. The molecule has 8 heteroatoms. The minimum Gasteiger partial charge on any atom is -0.493 e. The van der Waals surface area contributed by atoms with Crippen LogP contribution < -0.4 is 14.9 Å². The summed E-state index contributed by atoms with van der Waals surface area (Å²) in [6.07, 6.45) is 1.84. The summed E-state index contributed by atoms with van der Waals surface area (Å²) in [5, 5.41) is 5.19. The van der Waals surface area contributed by atoms with E-state index in [2.05, 4.69) is 33.1 Å². The van der Waals surface area contributed by atoms with Gasteiger partial charge in [-0.05, 0) is 83.0 Å². The van der Waals surface area contributed by atoms with Crippen molar-refractivity contribution in [3.63, 3.8) is 0 Å². The third-order valence-electron chi connectivity index (χ3n) is 4.98. The van der Waals surface area contributed by atoms with Gasteiger partial charge in [0.1, 0.15) is 6.61 Å². The molecule has 3 aromatic carbocycles. The van der Waals surface area contributed by atoms with E-state index < -0.39 is 0 Å². The Hall–Kier alpha value is -2.29. The van der Waals surface area contributed by atoms with E-state index >= 15 is 0 Å². The minimum atomic E-state index is -0.184. The van der Waals surface area contributed by atoms with Gasteiger partial charge in [0.25, 0.3) is 0 Å². The van der Waals surface area contributed by atoms with Crippen molar-refractivity contribution >= 4 is 57.9 Å². The Morgan fingerprint density at radius 1 is 1.09 bits per heavy atom. The van der Waals surface area contributed by atoms with Crippen molar-refractivity contribution < 1.29 is 14.3 Å². The molecule has 0 saturated heterocycles. The lowest BCUT2D eigenvalue weighted by molar-refractivity contribution is -0.120. The van der Waals surface area contributed by atoms with E-state index in [0.29, 0.717) is 21.5 Å². The fraction of sp³-hybridized carbons (Fsp3) is 0.200. The largest absolute Gasteiger partial charge is 0.493 e. The summed E-state index contributed by atoms with van der Waals surface area (Å²) >= 11 is 14.4. The molecule has 0 saturated carbocycles. The highest BCUT2D eigenvalue weighted by molar-refractivity contribution is 14.1. The van der Waals surface area contributed by atoms with Crippen molar-refractivity contribution in [2.75, 3.05) is 7.11 Å². The molecule has 0 spiro atoms. The number of rotatable bonds is 8. The second kappa shape index (κ2) is 11.7. The van der Waals surface area contributed by atoms with Gasteiger partial charge >= 0.3 is 0 Å². The predicted octanol–water partition coefficient (Wildman–Crippen LogP) is 6.50. The fourth-order valence-electron chi connectivity index (χ4n) is 3.06. The normalized spacial score (nSPS) is 11.0. The highest BCUT2D eigenvalue weighted by atomic mass is 127. The Kier molecular flexibility index (Phi) is 9.00. The summed E-state index contributed by atoms with van der Waals surface area (Å²) in [6, 6.07) is 14.9. The molecule has 1 N–H and O–H groups in total. The number of amides is 1. The second-order valence-corrected chi connectivity index (χ2v) is 9.45. The lowest BCUT2D eigenvalue weighted by Crippen LogP contribution is -2.19. The molecule has 3 rings (SSSR count). The zero-order valence-corrected chi connectivity index (χ0v) is 22.1. The maximum Gasteiger partial charge on any atom is 0.244 e. The molecule has 0 aliphatic rings. The molecule has 0 heterocycles. The van der Waals surface area contributed by atoms with Crippen LogP contribution in [0.4, 0.5) is 0 Å². The highest BCUT2D eigenvalue weighted by Crippen LogP contribution is 2.34. The van der Waals surface area contributed by atoms with Crippen LogP contribution >= 0.6 is 45.8 Å². The summed E-state index contributed by atoms with van der Waals surface area (Å²) in [4.78, 5) is 12.2. The highest BCUT2D eigenvalue weighted by Gasteiger charge is 2.13. The van der Waals surface area contributed by atoms with Crippen molar-refractivity contribution in [2.24, 2.45) is 5.10 Å². The molecule has 172 valence electrons. The first-order chi connectivity index (χ1) is 15.8. The number of aryl methyl sites for hydroxylation is 2. The van der Waals surface area contributed by atoms with Crippen LogP contribution in [0, 0.1) is 17.4 Å². The molecule has 0 unspecified atom stereocenters. The van der Waals surface area contributed by atoms with Crippen molar-refractivity contribution in [3.8, 4) is 11.5 Å². The van der Waals surface area contributed by atoms with E-state index in [1.165, 1.54) is 5.56 Å². The molecule has 0 aliphatic heterocycles. The maximum absolute atomic E-state index is 12.2. The fourth-order valence-corrected chi connectivity index (χ4v) is 4.30. The zero-order valence-electron chi connectivity index (χ0n) is 18.4. The number of carbonyl (C=O) groups excluding carboxylic acids is 1. The second-order valence-electron chi connectivity index (χ2n) is 7.45. The van der Waals surface area contributed by atoms with Gasteiger partial charge in [-0.1, -0.05) is 47.5 Å². The third kappa shape index (κ3) is 7.09. The Morgan fingerprint density at radius 3 is 2.58 bits per heavy atom. The lowest BCUT2D eigenvalue weighted by Gasteiger charge is -2.14. The first kappa shape index (κ1) is 25.3. The van der Waals surface area contributed by atoms with Gasteiger partial charge in [-0.25, -0.2) is 5.43 Å². The number of nitrogens with one attached hydrogen (secondary N) is 1. The predicted molar refractivity (Wildman–Crippen MR) is 142 cm³/mol. The van der Waals surface area contributed by atoms with Crippen molar-refractivity contribution in [3.05, 3.63) is 90.0 Å². The number of hydrogen-bond donors (Lipinski definition) is 1. The van der Waals surface area contributed by atoms with Crippen LogP contribution in [-0.4, -0.2) is 19.2 Å². The van der Waals surface area contributed by atoms with Gasteiger partial charge < -0.3 is 9.47 Å². The van der Waals surface area contributed by atoms with Crippen LogP contribution in [-0.2, 0) is 17.8 Å². The van der Waals surface area contributed by atoms with E-state index in [0.717, 1.165) is 25.8 Å². The Bertz CT molecular complexity index is 1200. The number of methoxy groups -OCH3 is 1. The molecule has 0 fully saturated rings. The number of benzene rings is 3. The van der Waals surface area contributed by atoms with E-state index in [4.69, 9.17) is 32.7 Å². The topological polar surface area (TPSA) is 59.9 Å². The summed E-state index contributed by atoms with van der Waals surface area (Å²) in [7, 11) is 1.57. The molecule has 33 heavy (non-hydrogen) atoms. The molecule has 1 amide bonds. The molecular weight excluding hydrogens is 574 g/mol. The summed E-state index contributed by atoms with van der Waals surface area (Å²) in [6.45, 7) is 4.34. The zero-order chi connectivity index (χ0) is 24.0. The van der Waals surface area contributed by atoms with Crippen molar-refractivity contribution in [2.45, 2.75) is 26.9 Å². The van der Waals surface area contributed by atoms with Crippen molar-refractivity contribution in [1.82, 2.24) is 5.43 Å². The number of carbonyl (C=O) groups is 1. The quantitative estimate of drug-likeness (QED) is 0.184. The van der Waals surface area contributed by atoms with Crippen LogP contribution in [0.25, 0.3) is 0 Å². The standard InChI is InChI=1S/C25H23Cl2IN2O3/c1-15-4-5-17(8-16(15)2)11-24(31)30-29-13-18-9-22(28)25(23(10-18)32-3)33-14-19-6-7-20(26)12-21(19)27/h4-10,12-13H,11,14H2,1-3H3,(H,30,31)/b29-13+. The molecule has 0 aromatic heterocycles. The van der Waals surface area contributed by atoms with Crippen molar-refractivity contribution in [1.29, 1.82) is 0 Å². The van der Waals surface area contributed by atoms with Crippen LogP contribution in [0.5, 0.6) is 11.5 Å². The molecule has 3 aromatic rings. The third-order valence-corrected chi connectivity index (χ3v) is 6.37. The van der Waals surface area contributed by atoms with E-state index in [-0.39, 0.29) is 18.9 Å². The maximum atomic E-state index is 12.2. The number of nitrogens with zero attached hydrogens (tertiary/aromatic N) is 1. The van der Waals surface area contributed by atoms with E-state index in [1.807, 2.05) is 44.2 Å². The molecule has 0 radical (unpaired) electrons. The molecule has 0 atom stereocenters. The first-order valence-electron chi connectivity index (χ1n) is 10.1. The van der Waals surface area contributed by atoms with Gasteiger partial charge in [0.15, 0.2) is 11.5 Å². The van der Waals surface area contributed by atoms with Gasteiger partial charge in [-0.3, -0.25) is 4.79 Å². The Balaban J connectivity index is 1.65. The summed E-state index contributed by atoms with van der Waals surface area (Å²) in [5.41, 5.74) is 7.46. The molecule has 5 nitrogen and oxygen atoms in total. The first-order valence-corrected chi connectivity index (χ1v) is 11.9. The Morgan fingerprint density at radius 2 is 1.88 bits per heavy atom. The SMILES string of the molecule is COc1cc(/C=N/NC(=O)Cc2ccc(C)c(C)c2)cc(I)c1OCc1ccc(Cl)cc1Cl.